The highest BCUT2D eigenvalue weighted by atomic mass is 16.6. The van der Waals surface area contributed by atoms with Gasteiger partial charge in [0.2, 0.25) is 0 Å². The highest BCUT2D eigenvalue weighted by Crippen LogP contribution is 2.75. The van der Waals surface area contributed by atoms with E-state index < -0.39 is 45.9 Å². The molecule has 5 fully saturated rings. The van der Waals surface area contributed by atoms with E-state index in [-0.39, 0.29) is 46.4 Å². The van der Waals surface area contributed by atoms with Crippen LogP contribution >= 0.6 is 0 Å². The van der Waals surface area contributed by atoms with Gasteiger partial charge in [-0.3, -0.25) is 14.4 Å². The molecule has 0 aromatic heterocycles. The summed E-state index contributed by atoms with van der Waals surface area (Å²) in [5, 5.41) is 11.0. The molecule has 5 aliphatic carbocycles. The normalized spacial score (nSPS) is 42.3. The van der Waals surface area contributed by atoms with Crippen LogP contribution in [0.2, 0.25) is 0 Å². The van der Waals surface area contributed by atoms with Crippen molar-refractivity contribution in [2.75, 3.05) is 6.54 Å². The fraction of sp³-hybridized carbons (Fsp3) is 0.617. The first kappa shape index (κ1) is 38.0. The van der Waals surface area contributed by atoms with Gasteiger partial charge in [-0.05, 0) is 129 Å². The zero-order valence-corrected chi connectivity index (χ0v) is 33.7. The van der Waals surface area contributed by atoms with Crippen molar-refractivity contribution < 1.29 is 33.8 Å². The Morgan fingerprint density at radius 3 is 2.04 bits per heavy atom. The van der Waals surface area contributed by atoms with Crippen LogP contribution in [0.3, 0.4) is 0 Å². The summed E-state index contributed by atoms with van der Waals surface area (Å²) in [4.78, 5) is 57.7. The number of carboxylic acid groups (broad SMARTS) is 1. The number of cyclic esters (lactones) is 1. The molecular formula is C47H59NO7. The van der Waals surface area contributed by atoms with E-state index in [1.165, 1.54) is 5.57 Å². The van der Waals surface area contributed by atoms with Gasteiger partial charge in [-0.25, -0.2) is 4.79 Å². The van der Waals surface area contributed by atoms with Gasteiger partial charge in [0.05, 0.1) is 23.4 Å². The summed E-state index contributed by atoms with van der Waals surface area (Å²) in [6.07, 6.45) is 7.50. The van der Waals surface area contributed by atoms with Crippen molar-refractivity contribution in [3.63, 3.8) is 0 Å². The van der Waals surface area contributed by atoms with Crippen LogP contribution in [-0.2, 0) is 23.9 Å². The quantitative estimate of drug-likeness (QED) is 0.293. The molecular weight excluding hydrogens is 691 g/mol. The topological polar surface area (TPSA) is 110 Å². The molecule has 1 N–H and O–H groups in total. The number of hydrogen-bond donors (Lipinski definition) is 1. The SMILES string of the molecule is C[C@@H]1CN([C@H]2CC[C@@]3(C)[C@@H](CC[C@]4(C)[C@@H]3C(=O)C=C3[C@@H]5C[C@@](C)(C(=O)OC(c6ccccc6)c6ccccc6)CC[C@]5(C)CC[C@]34C)[C@]2(C)C(=O)O)C(=O)O1. The minimum atomic E-state index is -1.23. The Morgan fingerprint density at radius 1 is 0.836 bits per heavy atom. The number of aliphatic carboxylic acids is 1. The average molecular weight is 750 g/mol. The first-order chi connectivity index (χ1) is 25.9. The van der Waals surface area contributed by atoms with Gasteiger partial charge in [-0.2, -0.15) is 0 Å². The number of ether oxygens (including phenoxy) is 2. The Bertz CT molecular complexity index is 1890. The first-order valence-electron chi connectivity index (χ1n) is 20.7. The number of benzene rings is 2. The van der Waals surface area contributed by atoms with Crippen molar-refractivity contribution in [2.24, 2.45) is 50.2 Å². The Morgan fingerprint density at radius 2 is 1.45 bits per heavy atom. The molecule has 2 aromatic carbocycles. The standard InChI is InChI=1S/C47H59NO7/c1-29-28-48(41(53)54-29)36-19-20-44(4)35(47(36,7)39(50)51)18-21-46(6)38(44)34(49)26-32-33-27-43(3,23-22-42(33,2)24-25-45(32,46)5)40(52)55-37(30-14-10-8-11-15-30)31-16-12-9-13-17-31/h8-17,26,29,33,35-38H,18-25,27-28H2,1-7H3,(H,50,51)/t29-,33+,35-,36+,38-,42-,43+,44+,45-,46-,47+/m1/s1. The van der Waals surface area contributed by atoms with Crippen LogP contribution in [0.4, 0.5) is 4.79 Å². The molecule has 55 heavy (non-hydrogen) atoms. The Hall–Kier alpha value is -3.94. The van der Waals surface area contributed by atoms with Crippen LogP contribution in [0.25, 0.3) is 0 Å². The lowest BCUT2D eigenvalue weighted by Crippen LogP contribution is -2.69. The van der Waals surface area contributed by atoms with E-state index >= 15 is 4.79 Å². The van der Waals surface area contributed by atoms with Crippen LogP contribution < -0.4 is 0 Å². The van der Waals surface area contributed by atoms with Gasteiger partial charge in [0.1, 0.15) is 6.10 Å². The number of ketones is 1. The molecule has 8 nitrogen and oxygen atoms in total. The second-order valence-corrected chi connectivity index (χ2v) is 19.8. The second kappa shape index (κ2) is 12.8. The maximum Gasteiger partial charge on any atom is 0.410 e. The lowest BCUT2D eigenvalue weighted by molar-refractivity contribution is -0.206. The van der Waals surface area contributed by atoms with Crippen LogP contribution in [0, 0.1) is 50.2 Å². The highest BCUT2D eigenvalue weighted by molar-refractivity contribution is 5.96. The predicted octanol–water partition coefficient (Wildman–Crippen LogP) is 9.57. The van der Waals surface area contributed by atoms with Crippen LogP contribution in [0.15, 0.2) is 72.3 Å². The third-order valence-corrected chi connectivity index (χ3v) is 17.0. The number of amides is 1. The number of carbonyl (C=O) groups is 4. The molecule has 0 bridgehead atoms. The van der Waals surface area contributed by atoms with Gasteiger partial charge >= 0.3 is 18.0 Å². The minimum absolute atomic E-state index is 0.0416. The molecule has 8 heteroatoms. The van der Waals surface area contributed by atoms with Crippen molar-refractivity contribution in [2.45, 2.75) is 125 Å². The fourth-order valence-corrected chi connectivity index (χ4v) is 13.5. The van der Waals surface area contributed by atoms with Gasteiger partial charge in [0.25, 0.3) is 0 Å². The van der Waals surface area contributed by atoms with Gasteiger partial charge in [-0.15, -0.1) is 0 Å². The zero-order valence-electron chi connectivity index (χ0n) is 33.7. The summed E-state index contributed by atoms with van der Waals surface area (Å²) in [6, 6.07) is 19.4. The number of esters is 1. The number of carbonyl (C=O) groups excluding carboxylic acids is 3. The summed E-state index contributed by atoms with van der Waals surface area (Å²) >= 11 is 0. The molecule has 1 saturated heterocycles. The van der Waals surface area contributed by atoms with Crippen molar-refractivity contribution in [1.82, 2.24) is 4.90 Å². The zero-order chi connectivity index (χ0) is 39.3. The Balaban J connectivity index is 1.12. The number of hydrogen-bond acceptors (Lipinski definition) is 6. The van der Waals surface area contributed by atoms with Gasteiger partial charge in [-0.1, -0.05) is 93.9 Å². The third-order valence-electron chi connectivity index (χ3n) is 17.0. The molecule has 8 rings (SSSR count). The molecule has 1 aliphatic heterocycles. The Labute approximate surface area is 326 Å². The van der Waals surface area contributed by atoms with E-state index in [0.717, 1.165) is 43.2 Å². The molecule has 1 heterocycles. The van der Waals surface area contributed by atoms with E-state index in [1.807, 2.05) is 80.6 Å². The van der Waals surface area contributed by atoms with Gasteiger partial charge < -0.3 is 19.5 Å². The van der Waals surface area contributed by atoms with Gasteiger partial charge in [0.15, 0.2) is 11.9 Å². The maximum atomic E-state index is 15.0. The number of carboxylic acids is 1. The fourth-order valence-electron chi connectivity index (χ4n) is 13.5. The summed E-state index contributed by atoms with van der Waals surface area (Å²) in [5.41, 5.74) is -0.203. The molecule has 0 unspecified atom stereocenters. The van der Waals surface area contributed by atoms with E-state index in [1.54, 1.807) is 4.90 Å². The number of nitrogens with zero attached hydrogens (tertiary/aromatic N) is 1. The Kier molecular flexibility index (Phi) is 8.83. The van der Waals surface area contributed by atoms with E-state index in [4.69, 9.17) is 9.47 Å². The second-order valence-electron chi connectivity index (χ2n) is 19.8. The van der Waals surface area contributed by atoms with Crippen molar-refractivity contribution in [3.05, 3.63) is 83.4 Å². The highest BCUT2D eigenvalue weighted by Gasteiger charge is 2.72. The summed E-state index contributed by atoms with van der Waals surface area (Å²) in [6.45, 7) is 15.3. The molecule has 6 aliphatic rings. The number of rotatable bonds is 6. The maximum absolute atomic E-state index is 15.0. The van der Waals surface area contributed by atoms with Crippen molar-refractivity contribution in [1.29, 1.82) is 0 Å². The molecule has 1 amide bonds. The lowest BCUT2D eigenvalue weighted by atomic mass is 9.33. The number of allylic oxidation sites excluding steroid dienone is 2. The summed E-state index contributed by atoms with van der Waals surface area (Å²) < 4.78 is 12.0. The molecule has 2 aromatic rings. The van der Waals surface area contributed by atoms with E-state index in [9.17, 15) is 19.5 Å². The minimum Gasteiger partial charge on any atom is -0.481 e. The molecule has 0 spiro atoms. The van der Waals surface area contributed by atoms with Crippen LogP contribution in [0.1, 0.15) is 123 Å². The first-order valence-corrected chi connectivity index (χ1v) is 20.7. The molecule has 11 atom stereocenters. The van der Waals surface area contributed by atoms with Crippen LogP contribution in [-0.4, -0.2) is 52.5 Å². The monoisotopic (exact) mass is 749 g/mol. The average Bonchev–Trinajstić information content (AvgIpc) is 3.49. The van der Waals surface area contributed by atoms with E-state index in [2.05, 4.69) is 34.6 Å². The summed E-state index contributed by atoms with van der Waals surface area (Å²) in [7, 11) is 0. The van der Waals surface area contributed by atoms with E-state index in [0.29, 0.717) is 32.2 Å². The van der Waals surface area contributed by atoms with Gasteiger partial charge in [0, 0.05) is 5.92 Å². The molecule has 4 saturated carbocycles. The van der Waals surface area contributed by atoms with Crippen molar-refractivity contribution >= 4 is 23.8 Å². The number of fused-ring (bicyclic) bond motifs is 7. The van der Waals surface area contributed by atoms with Crippen LogP contribution in [0.5, 0.6) is 0 Å². The third kappa shape index (κ3) is 5.42. The summed E-state index contributed by atoms with van der Waals surface area (Å²) in [5.74, 6) is -1.59. The largest absolute Gasteiger partial charge is 0.481 e. The lowest BCUT2D eigenvalue weighted by Gasteiger charge is -2.70. The smallest absolute Gasteiger partial charge is 0.410 e. The molecule has 294 valence electrons. The predicted molar refractivity (Wildman–Crippen MR) is 209 cm³/mol. The van der Waals surface area contributed by atoms with Crippen molar-refractivity contribution in [3.8, 4) is 0 Å². The molecule has 0 radical (unpaired) electrons.